The summed E-state index contributed by atoms with van der Waals surface area (Å²) in [6.45, 7) is 2.95. The summed E-state index contributed by atoms with van der Waals surface area (Å²) in [6.07, 6.45) is 0. The largest absolute Gasteiger partial charge is 0.384 e. The lowest BCUT2D eigenvalue weighted by atomic mass is 9.93. The lowest BCUT2D eigenvalue weighted by molar-refractivity contribution is 0.222. The van der Waals surface area contributed by atoms with E-state index in [1.807, 2.05) is 0 Å². The predicted octanol–water partition coefficient (Wildman–Crippen LogP) is 3.53. The third kappa shape index (κ3) is 2.20. The van der Waals surface area contributed by atoms with Crippen LogP contribution in [0.15, 0.2) is 24.3 Å². The maximum atomic E-state index is 14.3. The van der Waals surface area contributed by atoms with Crippen molar-refractivity contribution in [3.05, 3.63) is 34.9 Å². The Morgan fingerprint density at radius 2 is 2.06 bits per heavy atom. The van der Waals surface area contributed by atoms with Crippen LogP contribution in [0.4, 0.5) is 10.2 Å². The minimum absolute atomic E-state index is 0.393. The molecule has 1 aromatic carbocycles. The van der Waals surface area contributed by atoms with Crippen molar-refractivity contribution in [2.24, 2.45) is 7.05 Å². The second-order valence-corrected chi connectivity index (χ2v) is 5.12. The van der Waals surface area contributed by atoms with E-state index in [2.05, 4.69) is 5.10 Å². The zero-order valence-electron chi connectivity index (χ0n) is 10.5. The van der Waals surface area contributed by atoms with E-state index < -0.39 is 5.67 Å². The van der Waals surface area contributed by atoms with Gasteiger partial charge in [0.15, 0.2) is 0 Å². The second-order valence-electron chi connectivity index (χ2n) is 4.71. The molecule has 3 nitrogen and oxygen atoms in total. The number of aryl methyl sites for hydroxylation is 1. The molecule has 0 bridgehead atoms. The average molecular weight is 268 g/mol. The van der Waals surface area contributed by atoms with Gasteiger partial charge in [-0.1, -0.05) is 23.7 Å². The van der Waals surface area contributed by atoms with Crippen LogP contribution in [-0.2, 0) is 12.7 Å². The van der Waals surface area contributed by atoms with E-state index in [9.17, 15) is 4.39 Å². The van der Waals surface area contributed by atoms with Crippen LogP contribution < -0.4 is 5.73 Å². The normalized spacial score (nSPS) is 11.8. The molecule has 0 saturated heterocycles. The van der Waals surface area contributed by atoms with Crippen LogP contribution in [0, 0.1) is 0 Å². The molecule has 1 aromatic heterocycles. The van der Waals surface area contributed by atoms with Gasteiger partial charge in [0.25, 0.3) is 0 Å². The Bertz CT molecular complexity index is 565. The third-order valence-electron chi connectivity index (χ3n) is 2.80. The van der Waals surface area contributed by atoms with Gasteiger partial charge < -0.3 is 5.73 Å². The van der Waals surface area contributed by atoms with Crippen molar-refractivity contribution in [1.82, 2.24) is 9.78 Å². The molecule has 0 unspecified atom stereocenters. The van der Waals surface area contributed by atoms with Crippen LogP contribution in [0.1, 0.15) is 19.4 Å². The standard InChI is InChI=1S/C13H15ClFN3/c1-13(2,15)12-8(5-4-6-9(12)14)10-7-11(16)18(3)17-10/h4-7H,16H2,1-3H3. The van der Waals surface area contributed by atoms with Gasteiger partial charge in [-0.05, 0) is 19.9 Å². The molecule has 0 spiro atoms. The first-order chi connectivity index (χ1) is 8.30. The molecule has 0 fully saturated rings. The summed E-state index contributed by atoms with van der Waals surface area (Å²) in [4.78, 5) is 0. The summed E-state index contributed by atoms with van der Waals surface area (Å²) in [5.74, 6) is 0.521. The zero-order chi connectivity index (χ0) is 13.5. The molecular formula is C13H15ClFN3. The molecule has 5 heteroatoms. The maximum absolute atomic E-state index is 14.3. The van der Waals surface area contributed by atoms with Crippen LogP contribution in [0.25, 0.3) is 11.3 Å². The van der Waals surface area contributed by atoms with Crippen molar-refractivity contribution >= 4 is 17.4 Å². The van der Waals surface area contributed by atoms with Gasteiger partial charge in [0.05, 0.1) is 5.69 Å². The number of alkyl halides is 1. The van der Waals surface area contributed by atoms with Gasteiger partial charge >= 0.3 is 0 Å². The summed E-state index contributed by atoms with van der Waals surface area (Å²) in [5.41, 5.74) is 5.93. The molecular weight excluding hydrogens is 253 g/mol. The minimum atomic E-state index is -1.54. The number of aromatic nitrogens is 2. The molecule has 0 radical (unpaired) electrons. The first kappa shape index (κ1) is 12.9. The van der Waals surface area contributed by atoms with Gasteiger partial charge in [-0.25, -0.2) is 4.39 Å². The molecule has 0 aliphatic heterocycles. The van der Waals surface area contributed by atoms with Crippen molar-refractivity contribution < 1.29 is 4.39 Å². The average Bonchev–Trinajstić information content (AvgIpc) is 2.57. The topological polar surface area (TPSA) is 43.8 Å². The molecule has 0 aliphatic rings. The Labute approximate surface area is 110 Å². The second kappa shape index (κ2) is 4.28. The number of nitrogens with zero attached hydrogens (tertiary/aromatic N) is 2. The molecule has 2 aromatic rings. The number of hydrogen-bond acceptors (Lipinski definition) is 2. The van der Waals surface area contributed by atoms with Crippen LogP contribution in [0.3, 0.4) is 0 Å². The summed E-state index contributed by atoms with van der Waals surface area (Å²) >= 11 is 6.10. The summed E-state index contributed by atoms with van der Waals surface area (Å²) in [7, 11) is 1.74. The van der Waals surface area contributed by atoms with Gasteiger partial charge in [0, 0.05) is 29.3 Å². The highest BCUT2D eigenvalue weighted by atomic mass is 35.5. The number of halogens is 2. The van der Waals surface area contributed by atoms with E-state index in [-0.39, 0.29) is 0 Å². The lowest BCUT2D eigenvalue weighted by Crippen LogP contribution is -2.12. The number of nitrogens with two attached hydrogens (primary N) is 1. The van der Waals surface area contributed by atoms with Gasteiger partial charge in [-0.2, -0.15) is 5.10 Å². The molecule has 18 heavy (non-hydrogen) atoms. The smallest absolute Gasteiger partial charge is 0.132 e. The van der Waals surface area contributed by atoms with Crippen molar-refractivity contribution in [2.75, 3.05) is 5.73 Å². The van der Waals surface area contributed by atoms with E-state index in [1.165, 1.54) is 13.8 Å². The van der Waals surface area contributed by atoms with Crippen molar-refractivity contribution in [1.29, 1.82) is 0 Å². The molecule has 0 aliphatic carbocycles. The Kier molecular flexibility index (Phi) is 3.07. The molecule has 0 amide bonds. The molecule has 1 heterocycles. The van der Waals surface area contributed by atoms with E-state index in [4.69, 9.17) is 17.3 Å². The van der Waals surface area contributed by atoms with E-state index in [0.717, 1.165) is 0 Å². The predicted molar refractivity (Wildman–Crippen MR) is 72.2 cm³/mol. The molecule has 2 rings (SSSR count). The Morgan fingerprint density at radius 1 is 1.39 bits per heavy atom. The monoisotopic (exact) mass is 267 g/mol. The van der Waals surface area contributed by atoms with Crippen LogP contribution in [0.2, 0.25) is 5.02 Å². The molecule has 0 saturated carbocycles. The van der Waals surface area contributed by atoms with E-state index in [0.29, 0.717) is 27.7 Å². The van der Waals surface area contributed by atoms with E-state index in [1.54, 1.807) is 36.0 Å². The number of benzene rings is 1. The lowest BCUT2D eigenvalue weighted by Gasteiger charge is -2.19. The first-order valence-electron chi connectivity index (χ1n) is 5.58. The molecule has 96 valence electrons. The summed E-state index contributed by atoms with van der Waals surface area (Å²) < 4.78 is 15.8. The summed E-state index contributed by atoms with van der Waals surface area (Å²) in [6, 6.07) is 6.96. The van der Waals surface area contributed by atoms with Crippen molar-refractivity contribution in [3.63, 3.8) is 0 Å². The number of anilines is 1. The SMILES string of the molecule is Cn1nc(-c2cccc(Cl)c2C(C)(C)F)cc1N. The van der Waals surface area contributed by atoms with Crippen LogP contribution in [-0.4, -0.2) is 9.78 Å². The quantitative estimate of drug-likeness (QED) is 0.905. The molecule has 2 N–H and O–H groups in total. The number of hydrogen-bond donors (Lipinski definition) is 1. The van der Waals surface area contributed by atoms with Gasteiger partial charge in [0.2, 0.25) is 0 Å². The first-order valence-corrected chi connectivity index (χ1v) is 5.96. The fourth-order valence-electron chi connectivity index (χ4n) is 1.96. The van der Waals surface area contributed by atoms with E-state index >= 15 is 0 Å². The van der Waals surface area contributed by atoms with Crippen LogP contribution >= 0.6 is 11.6 Å². The Morgan fingerprint density at radius 3 is 2.56 bits per heavy atom. The highest BCUT2D eigenvalue weighted by Gasteiger charge is 2.27. The van der Waals surface area contributed by atoms with Gasteiger partial charge in [-0.3, -0.25) is 4.68 Å². The third-order valence-corrected chi connectivity index (χ3v) is 3.12. The Balaban J connectivity index is 2.68. The van der Waals surface area contributed by atoms with Crippen molar-refractivity contribution in [2.45, 2.75) is 19.5 Å². The fourth-order valence-corrected chi connectivity index (χ4v) is 2.35. The minimum Gasteiger partial charge on any atom is -0.384 e. The zero-order valence-corrected chi connectivity index (χ0v) is 11.3. The van der Waals surface area contributed by atoms with Crippen molar-refractivity contribution in [3.8, 4) is 11.3 Å². The Hall–Kier alpha value is -1.55. The van der Waals surface area contributed by atoms with Gasteiger partial charge in [-0.15, -0.1) is 0 Å². The highest BCUT2D eigenvalue weighted by molar-refractivity contribution is 6.31. The van der Waals surface area contributed by atoms with Crippen LogP contribution in [0.5, 0.6) is 0 Å². The number of nitrogen functional groups attached to an aromatic ring is 1. The summed E-state index contributed by atoms with van der Waals surface area (Å²) in [5, 5.41) is 4.65. The highest BCUT2D eigenvalue weighted by Crippen LogP contribution is 2.38. The number of rotatable bonds is 2. The molecule has 0 atom stereocenters. The van der Waals surface area contributed by atoms with Gasteiger partial charge in [0.1, 0.15) is 11.5 Å². The maximum Gasteiger partial charge on any atom is 0.132 e. The fraction of sp³-hybridized carbons (Fsp3) is 0.308.